The standard InChI is InChI=1S/C15H23NO3/c1-2-17-15-10-12(11-16)5-6-14(15)19-9-7-13-4-3-8-18-13/h5-6,10,13H,2-4,7-9,11,16H2,1H3. The van der Waals surface area contributed by atoms with E-state index in [-0.39, 0.29) is 0 Å². The molecule has 0 amide bonds. The van der Waals surface area contributed by atoms with Crippen molar-refractivity contribution in [1.29, 1.82) is 0 Å². The SMILES string of the molecule is CCOc1cc(CN)ccc1OCCC1CCCO1. The molecule has 0 aliphatic carbocycles. The van der Waals surface area contributed by atoms with Crippen LogP contribution in [0.5, 0.6) is 11.5 Å². The zero-order chi connectivity index (χ0) is 13.5. The van der Waals surface area contributed by atoms with Crippen LogP contribution in [0.4, 0.5) is 0 Å². The summed E-state index contributed by atoms with van der Waals surface area (Å²) in [7, 11) is 0. The number of benzene rings is 1. The molecule has 1 heterocycles. The lowest BCUT2D eigenvalue weighted by Gasteiger charge is -2.14. The van der Waals surface area contributed by atoms with E-state index in [2.05, 4.69) is 0 Å². The second kappa shape index (κ2) is 7.36. The first-order valence-corrected chi connectivity index (χ1v) is 7.03. The van der Waals surface area contributed by atoms with Gasteiger partial charge in [-0.1, -0.05) is 6.07 Å². The monoisotopic (exact) mass is 265 g/mol. The molecule has 1 aliphatic heterocycles. The highest BCUT2D eigenvalue weighted by Crippen LogP contribution is 2.29. The normalized spacial score (nSPS) is 18.5. The third kappa shape index (κ3) is 4.11. The molecule has 1 fully saturated rings. The van der Waals surface area contributed by atoms with Crippen LogP contribution in [0.25, 0.3) is 0 Å². The first kappa shape index (κ1) is 14.2. The molecule has 0 bridgehead atoms. The molecule has 4 nitrogen and oxygen atoms in total. The number of ether oxygens (including phenoxy) is 3. The second-order valence-electron chi connectivity index (χ2n) is 4.69. The van der Waals surface area contributed by atoms with Gasteiger partial charge in [-0.05, 0) is 37.5 Å². The molecule has 1 aromatic rings. The number of hydrogen-bond acceptors (Lipinski definition) is 4. The minimum atomic E-state index is 0.360. The van der Waals surface area contributed by atoms with Crippen LogP contribution in [0.1, 0.15) is 31.7 Å². The van der Waals surface area contributed by atoms with Gasteiger partial charge in [-0.2, -0.15) is 0 Å². The molecule has 0 radical (unpaired) electrons. The predicted octanol–water partition coefficient (Wildman–Crippen LogP) is 2.49. The van der Waals surface area contributed by atoms with E-state index in [1.807, 2.05) is 25.1 Å². The highest BCUT2D eigenvalue weighted by molar-refractivity contribution is 5.43. The molecular weight excluding hydrogens is 242 g/mol. The Kier molecular flexibility index (Phi) is 5.48. The van der Waals surface area contributed by atoms with E-state index in [1.165, 1.54) is 6.42 Å². The van der Waals surface area contributed by atoms with Crippen molar-refractivity contribution in [3.63, 3.8) is 0 Å². The van der Waals surface area contributed by atoms with Crippen molar-refractivity contribution < 1.29 is 14.2 Å². The molecular formula is C15H23NO3. The fourth-order valence-corrected chi connectivity index (χ4v) is 2.24. The lowest BCUT2D eigenvalue weighted by molar-refractivity contribution is 0.0897. The molecule has 19 heavy (non-hydrogen) atoms. The quantitative estimate of drug-likeness (QED) is 0.823. The molecule has 1 saturated heterocycles. The molecule has 1 aliphatic rings. The summed E-state index contributed by atoms with van der Waals surface area (Å²) in [6, 6.07) is 5.86. The molecule has 0 saturated carbocycles. The van der Waals surface area contributed by atoms with Gasteiger partial charge in [-0.25, -0.2) is 0 Å². The van der Waals surface area contributed by atoms with Gasteiger partial charge in [0.25, 0.3) is 0 Å². The highest BCUT2D eigenvalue weighted by Gasteiger charge is 2.15. The Morgan fingerprint density at radius 3 is 2.89 bits per heavy atom. The fourth-order valence-electron chi connectivity index (χ4n) is 2.24. The predicted molar refractivity (Wildman–Crippen MR) is 74.6 cm³/mol. The van der Waals surface area contributed by atoms with Crippen LogP contribution in [0.15, 0.2) is 18.2 Å². The first-order valence-electron chi connectivity index (χ1n) is 7.03. The average Bonchev–Trinajstić information content (AvgIpc) is 2.94. The van der Waals surface area contributed by atoms with Crippen LogP contribution >= 0.6 is 0 Å². The van der Waals surface area contributed by atoms with Gasteiger partial charge in [0.15, 0.2) is 11.5 Å². The molecule has 0 aromatic heterocycles. The van der Waals surface area contributed by atoms with Crippen LogP contribution in [-0.2, 0) is 11.3 Å². The summed E-state index contributed by atoms with van der Waals surface area (Å²) >= 11 is 0. The summed E-state index contributed by atoms with van der Waals surface area (Å²) in [6.07, 6.45) is 3.61. The minimum absolute atomic E-state index is 0.360. The van der Waals surface area contributed by atoms with E-state index in [0.29, 0.717) is 25.9 Å². The molecule has 2 N–H and O–H groups in total. The number of nitrogens with two attached hydrogens (primary N) is 1. The van der Waals surface area contributed by atoms with Gasteiger partial charge in [0, 0.05) is 19.6 Å². The zero-order valence-corrected chi connectivity index (χ0v) is 11.6. The number of hydrogen-bond donors (Lipinski definition) is 1. The van der Waals surface area contributed by atoms with Crippen molar-refractivity contribution in [1.82, 2.24) is 0 Å². The van der Waals surface area contributed by atoms with E-state index in [0.717, 1.165) is 36.5 Å². The average molecular weight is 265 g/mol. The van der Waals surface area contributed by atoms with Crippen LogP contribution in [0.3, 0.4) is 0 Å². The van der Waals surface area contributed by atoms with E-state index < -0.39 is 0 Å². The summed E-state index contributed by atoms with van der Waals surface area (Å²) in [5.74, 6) is 1.56. The van der Waals surface area contributed by atoms with E-state index in [1.54, 1.807) is 0 Å². The second-order valence-corrected chi connectivity index (χ2v) is 4.69. The van der Waals surface area contributed by atoms with Crippen LogP contribution in [0.2, 0.25) is 0 Å². The Morgan fingerprint density at radius 2 is 2.21 bits per heavy atom. The zero-order valence-electron chi connectivity index (χ0n) is 11.6. The lowest BCUT2D eigenvalue weighted by Crippen LogP contribution is -2.11. The third-order valence-electron chi connectivity index (χ3n) is 3.27. The van der Waals surface area contributed by atoms with Gasteiger partial charge in [0.1, 0.15) is 0 Å². The number of rotatable bonds is 7. The largest absolute Gasteiger partial charge is 0.490 e. The van der Waals surface area contributed by atoms with Crippen molar-refractivity contribution in [2.45, 2.75) is 38.8 Å². The molecule has 0 spiro atoms. The van der Waals surface area contributed by atoms with Crippen molar-refractivity contribution >= 4 is 0 Å². The van der Waals surface area contributed by atoms with E-state index in [9.17, 15) is 0 Å². The summed E-state index contributed by atoms with van der Waals surface area (Å²) in [6.45, 7) is 4.64. The van der Waals surface area contributed by atoms with Gasteiger partial charge in [-0.15, -0.1) is 0 Å². The van der Waals surface area contributed by atoms with E-state index in [4.69, 9.17) is 19.9 Å². The summed E-state index contributed by atoms with van der Waals surface area (Å²) in [4.78, 5) is 0. The Morgan fingerprint density at radius 1 is 1.32 bits per heavy atom. The van der Waals surface area contributed by atoms with Crippen molar-refractivity contribution in [2.24, 2.45) is 5.73 Å². The van der Waals surface area contributed by atoms with Crippen molar-refractivity contribution in [3.05, 3.63) is 23.8 Å². The van der Waals surface area contributed by atoms with Crippen molar-refractivity contribution in [3.8, 4) is 11.5 Å². The summed E-state index contributed by atoms with van der Waals surface area (Å²) in [5, 5.41) is 0. The summed E-state index contributed by atoms with van der Waals surface area (Å²) in [5.41, 5.74) is 6.69. The first-order chi connectivity index (χ1) is 9.33. The Bertz CT molecular complexity index is 389. The molecule has 1 aromatic carbocycles. The minimum Gasteiger partial charge on any atom is -0.490 e. The van der Waals surface area contributed by atoms with Gasteiger partial charge in [-0.3, -0.25) is 0 Å². The van der Waals surface area contributed by atoms with Crippen LogP contribution in [0, 0.1) is 0 Å². The van der Waals surface area contributed by atoms with Crippen LogP contribution in [-0.4, -0.2) is 25.9 Å². The van der Waals surface area contributed by atoms with Crippen molar-refractivity contribution in [2.75, 3.05) is 19.8 Å². The molecule has 4 heteroatoms. The molecule has 106 valence electrons. The third-order valence-corrected chi connectivity index (χ3v) is 3.27. The smallest absolute Gasteiger partial charge is 0.161 e. The topological polar surface area (TPSA) is 53.7 Å². The lowest BCUT2D eigenvalue weighted by atomic mass is 10.2. The van der Waals surface area contributed by atoms with Gasteiger partial charge in [0.05, 0.1) is 19.3 Å². The van der Waals surface area contributed by atoms with Crippen LogP contribution < -0.4 is 15.2 Å². The Balaban J connectivity index is 1.90. The van der Waals surface area contributed by atoms with Gasteiger partial charge >= 0.3 is 0 Å². The van der Waals surface area contributed by atoms with Gasteiger partial charge in [0.2, 0.25) is 0 Å². The summed E-state index contributed by atoms with van der Waals surface area (Å²) < 4.78 is 17.0. The molecule has 2 rings (SSSR count). The Hall–Kier alpha value is -1.26. The maximum Gasteiger partial charge on any atom is 0.161 e. The maximum atomic E-state index is 5.81. The fraction of sp³-hybridized carbons (Fsp3) is 0.600. The maximum absolute atomic E-state index is 5.81. The highest BCUT2D eigenvalue weighted by atomic mass is 16.5. The van der Waals surface area contributed by atoms with Gasteiger partial charge < -0.3 is 19.9 Å². The molecule has 1 atom stereocenters. The molecule has 1 unspecified atom stereocenters. The van der Waals surface area contributed by atoms with E-state index >= 15 is 0 Å². The Labute approximate surface area is 114 Å².